The molecular formula is C7H17NOS. The van der Waals surface area contributed by atoms with Gasteiger partial charge in [0, 0.05) is 0 Å². The van der Waals surface area contributed by atoms with Crippen LogP contribution < -0.4 is 4.89 Å². The maximum Gasteiger partial charge on any atom is -0.00160 e. The van der Waals surface area contributed by atoms with Crippen molar-refractivity contribution in [1.29, 1.82) is 0 Å². The van der Waals surface area contributed by atoms with Gasteiger partial charge in [0.25, 0.3) is 0 Å². The largest absolute Gasteiger partial charge is 0.306 e. The molecule has 62 valence electrons. The molecule has 0 aromatic carbocycles. The van der Waals surface area contributed by atoms with Gasteiger partial charge in [-0.25, -0.2) is 0 Å². The Hall–Kier alpha value is 0.270. The van der Waals surface area contributed by atoms with Crippen LogP contribution in [0.2, 0.25) is 0 Å². The summed E-state index contributed by atoms with van der Waals surface area (Å²) in [7, 11) is 0. The van der Waals surface area contributed by atoms with E-state index in [1.807, 2.05) is 4.89 Å². The van der Waals surface area contributed by atoms with Crippen LogP contribution in [0.25, 0.3) is 0 Å². The Balaban J connectivity index is 0.000000180. The van der Waals surface area contributed by atoms with Gasteiger partial charge in [0.1, 0.15) is 0 Å². The molecule has 0 radical (unpaired) electrons. The summed E-state index contributed by atoms with van der Waals surface area (Å²) < 4.78 is 0. The molecule has 0 atom stereocenters. The van der Waals surface area contributed by atoms with Gasteiger partial charge in [-0.1, -0.05) is 50.5 Å². The quantitative estimate of drug-likeness (QED) is 0.460. The van der Waals surface area contributed by atoms with E-state index >= 15 is 0 Å². The first kappa shape index (κ1) is 10.3. The summed E-state index contributed by atoms with van der Waals surface area (Å²) in [5, 5.41) is 7.59. The highest BCUT2D eigenvalue weighted by atomic mass is 32.2. The number of hydrogen-bond donors (Lipinski definition) is 2. The molecule has 0 bridgehead atoms. The van der Waals surface area contributed by atoms with Crippen molar-refractivity contribution in [2.45, 2.75) is 38.5 Å². The van der Waals surface area contributed by atoms with Crippen molar-refractivity contribution in [3.8, 4) is 0 Å². The molecule has 0 heterocycles. The first-order valence-corrected chi connectivity index (χ1v) is 5.06. The molecule has 0 unspecified atom stereocenters. The van der Waals surface area contributed by atoms with Gasteiger partial charge in [-0.05, 0) is 6.26 Å². The highest BCUT2D eigenvalue weighted by Gasteiger charge is 1.95. The normalized spacial score (nSPS) is 17.4. The van der Waals surface area contributed by atoms with Gasteiger partial charge in [0.15, 0.2) is 0 Å². The van der Waals surface area contributed by atoms with E-state index in [1.165, 1.54) is 38.5 Å². The van der Waals surface area contributed by atoms with E-state index in [2.05, 4.69) is 0 Å². The van der Waals surface area contributed by atoms with Crippen molar-refractivity contribution in [2.24, 2.45) is 0 Å². The molecule has 0 amide bonds. The van der Waals surface area contributed by atoms with Gasteiger partial charge in [0.05, 0.1) is 0 Å². The van der Waals surface area contributed by atoms with Crippen LogP contribution in [0.4, 0.5) is 0 Å². The van der Waals surface area contributed by atoms with Crippen molar-refractivity contribution < 1.29 is 5.21 Å². The standard InChI is InChI=1S/C6H12.CH5NOS/c1-2-4-6-5-3-1;1-4-2-3/h1-6H2;2-3H,1H3. The molecule has 2 N–H and O–H groups in total. The van der Waals surface area contributed by atoms with E-state index < -0.39 is 0 Å². The summed E-state index contributed by atoms with van der Waals surface area (Å²) in [6.07, 6.45) is 10.7. The van der Waals surface area contributed by atoms with Gasteiger partial charge in [-0.15, -0.1) is 4.89 Å². The van der Waals surface area contributed by atoms with Gasteiger partial charge in [0.2, 0.25) is 0 Å². The van der Waals surface area contributed by atoms with Gasteiger partial charge < -0.3 is 5.21 Å². The fraction of sp³-hybridized carbons (Fsp3) is 1.00. The topological polar surface area (TPSA) is 32.3 Å². The number of nitrogens with one attached hydrogen (secondary N) is 1. The number of hydrogen-bond acceptors (Lipinski definition) is 3. The average molecular weight is 163 g/mol. The molecule has 0 spiro atoms. The zero-order chi connectivity index (χ0) is 7.66. The molecule has 0 aromatic heterocycles. The van der Waals surface area contributed by atoms with Crippen molar-refractivity contribution in [3.05, 3.63) is 0 Å². The Bertz CT molecular complexity index is 44.1. The third-order valence-electron chi connectivity index (χ3n) is 1.59. The Kier molecular flexibility index (Phi) is 9.52. The summed E-state index contributed by atoms with van der Waals surface area (Å²) in [4.78, 5) is 1.85. The lowest BCUT2D eigenvalue weighted by Gasteiger charge is -2.05. The number of rotatable bonds is 1. The molecule has 10 heavy (non-hydrogen) atoms. The van der Waals surface area contributed by atoms with E-state index in [4.69, 9.17) is 5.21 Å². The van der Waals surface area contributed by atoms with Crippen molar-refractivity contribution in [1.82, 2.24) is 4.89 Å². The fourth-order valence-corrected chi connectivity index (χ4v) is 1.06. The summed E-state index contributed by atoms with van der Waals surface area (Å²) >= 11 is 1.16. The van der Waals surface area contributed by atoms with Crippen LogP contribution in [-0.2, 0) is 0 Å². The molecule has 1 saturated carbocycles. The van der Waals surface area contributed by atoms with E-state index in [9.17, 15) is 0 Å². The Labute approximate surface area is 67.5 Å². The zero-order valence-corrected chi connectivity index (χ0v) is 7.41. The predicted octanol–water partition coefficient (Wildman–Crippen LogP) is 2.58. The summed E-state index contributed by atoms with van der Waals surface area (Å²) in [6, 6.07) is 0. The lowest BCUT2D eigenvalue weighted by Crippen LogP contribution is -1.87. The highest BCUT2D eigenvalue weighted by molar-refractivity contribution is 7.96. The van der Waals surface area contributed by atoms with Crippen LogP contribution in [0.1, 0.15) is 38.5 Å². The zero-order valence-electron chi connectivity index (χ0n) is 6.60. The second-order valence-corrected chi connectivity index (χ2v) is 3.01. The monoisotopic (exact) mass is 163 g/mol. The summed E-state index contributed by atoms with van der Waals surface area (Å²) in [6.45, 7) is 0. The maximum atomic E-state index is 7.59. The van der Waals surface area contributed by atoms with Crippen molar-refractivity contribution >= 4 is 11.9 Å². The van der Waals surface area contributed by atoms with E-state index in [-0.39, 0.29) is 0 Å². The molecule has 1 aliphatic carbocycles. The molecule has 2 nitrogen and oxygen atoms in total. The van der Waals surface area contributed by atoms with Crippen molar-refractivity contribution in [2.75, 3.05) is 6.26 Å². The van der Waals surface area contributed by atoms with Crippen molar-refractivity contribution in [3.63, 3.8) is 0 Å². The van der Waals surface area contributed by atoms with E-state index in [1.54, 1.807) is 6.26 Å². The predicted molar refractivity (Wildman–Crippen MR) is 46.1 cm³/mol. The second-order valence-electron chi connectivity index (χ2n) is 2.42. The maximum absolute atomic E-state index is 7.59. The molecule has 0 saturated heterocycles. The van der Waals surface area contributed by atoms with E-state index in [0.717, 1.165) is 11.9 Å². The molecule has 0 aromatic rings. The lowest BCUT2D eigenvalue weighted by atomic mass is 10.0. The van der Waals surface area contributed by atoms with Gasteiger partial charge >= 0.3 is 0 Å². The Morgan fingerprint density at radius 1 is 1.00 bits per heavy atom. The molecule has 3 heteroatoms. The van der Waals surface area contributed by atoms with Crippen LogP contribution in [0, 0.1) is 0 Å². The van der Waals surface area contributed by atoms with Crippen LogP contribution in [0.5, 0.6) is 0 Å². The summed E-state index contributed by atoms with van der Waals surface area (Å²) in [5.74, 6) is 0. The summed E-state index contributed by atoms with van der Waals surface area (Å²) in [5.41, 5.74) is 0. The Morgan fingerprint density at radius 3 is 1.30 bits per heavy atom. The lowest BCUT2D eigenvalue weighted by molar-refractivity contribution is 0.259. The average Bonchev–Trinajstić information content (AvgIpc) is 2.08. The minimum Gasteiger partial charge on any atom is -0.306 e. The van der Waals surface area contributed by atoms with Crippen LogP contribution in [-0.4, -0.2) is 11.5 Å². The first-order valence-electron chi connectivity index (χ1n) is 3.84. The molecular weight excluding hydrogens is 146 g/mol. The molecule has 0 aliphatic heterocycles. The van der Waals surface area contributed by atoms with E-state index in [0.29, 0.717) is 0 Å². The highest BCUT2D eigenvalue weighted by Crippen LogP contribution is 2.15. The SMILES string of the molecule is C1CCCCC1.CSNO. The van der Waals surface area contributed by atoms with Gasteiger partial charge in [-0.3, -0.25) is 0 Å². The third-order valence-corrected chi connectivity index (χ3v) is 1.77. The van der Waals surface area contributed by atoms with Crippen LogP contribution >= 0.6 is 11.9 Å². The first-order chi connectivity index (χ1) is 4.91. The molecule has 1 aliphatic rings. The third kappa shape index (κ3) is 8.27. The minimum atomic E-state index is 1.16. The fourth-order valence-electron chi connectivity index (χ4n) is 1.06. The van der Waals surface area contributed by atoms with Crippen LogP contribution in [0.3, 0.4) is 0 Å². The molecule has 1 fully saturated rings. The molecule has 1 rings (SSSR count). The van der Waals surface area contributed by atoms with Gasteiger partial charge in [-0.2, -0.15) is 0 Å². The minimum absolute atomic E-state index is 1.16. The smallest absolute Gasteiger partial charge is 0.00160 e. The Morgan fingerprint density at radius 2 is 1.20 bits per heavy atom. The second kappa shape index (κ2) is 9.27. The van der Waals surface area contributed by atoms with Crippen LogP contribution in [0.15, 0.2) is 0 Å².